The maximum atomic E-state index is 13.5. The molecule has 208 valence electrons. The molecule has 2 amide bonds. The van der Waals surface area contributed by atoms with Crippen LogP contribution >= 0.6 is 23.2 Å². The number of carbonyl (C=O) groups is 2. The molecule has 2 N–H and O–H groups in total. The second-order valence-electron chi connectivity index (χ2n) is 10.1. The molecule has 7 nitrogen and oxygen atoms in total. The van der Waals surface area contributed by atoms with E-state index in [-0.39, 0.29) is 36.9 Å². The molecule has 1 heterocycles. The number of amides is 2. The largest absolute Gasteiger partial charge is 0.392 e. The molecule has 1 aliphatic rings. The number of aliphatic hydroxyl groups excluding tert-OH is 1. The van der Waals surface area contributed by atoms with Crippen LogP contribution in [0.3, 0.4) is 0 Å². The van der Waals surface area contributed by atoms with Crippen molar-refractivity contribution < 1.29 is 14.7 Å². The third-order valence-corrected chi connectivity index (χ3v) is 7.52. The molecule has 40 heavy (non-hydrogen) atoms. The van der Waals surface area contributed by atoms with Gasteiger partial charge in [0.2, 0.25) is 11.8 Å². The number of β-amino-alcohol motifs (C(OH)–C–C–N with tert-alkyl or cyclic N) is 1. The van der Waals surface area contributed by atoms with Crippen molar-refractivity contribution in [2.75, 3.05) is 31.5 Å². The molecule has 1 saturated heterocycles. The van der Waals surface area contributed by atoms with Gasteiger partial charge >= 0.3 is 0 Å². The van der Waals surface area contributed by atoms with Crippen LogP contribution in [0.25, 0.3) is 11.1 Å². The third-order valence-electron chi connectivity index (χ3n) is 7.08. The Labute approximate surface area is 244 Å². The van der Waals surface area contributed by atoms with Gasteiger partial charge in [-0.15, -0.1) is 0 Å². The Morgan fingerprint density at radius 1 is 1.10 bits per heavy atom. The Bertz CT molecular complexity index is 1370. The fourth-order valence-electron chi connectivity index (χ4n) is 4.94. The lowest BCUT2D eigenvalue weighted by Crippen LogP contribution is -2.40. The van der Waals surface area contributed by atoms with E-state index in [0.717, 1.165) is 29.7 Å². The van der Waals surface area contributed by atoms with E-state index < -0.39 is 0 Å². The normalized spacial score (nSPS) is 15.8. The van der Waals surface area contributed by atoms with Crippen LogP contribution in [0.2, 0.25) is 10.0 Å². The molecular formula is C31H32Cl2N4O3. The Morgan fingerprint density at radius 3 is 2.48 bits per heavy atom. The molecule has 0 bridgehead atoms. The minimum absolute atomic E-state index is 0.127. The van der Waals surface area contributed by atoms with Crippen molar-refractivity contribution in [2.24, 2.45) is 0 Å². The van der Waals surface area contributed by atoms with E-state index in [1.807, 2.05) is 49.4 Å². The second-order valence-corrected chi connectivity index (χ2v) is 10.9. The van der Waals surface area contributed by atoms with Gasteiger partial charge in [0.1, 0.15) is 6.54 Å². The topological polar surface area (TPSA) is 96.7 Å². The Morgan fingerprint density at radius 2 is 1.82 bits per heavy atom. The van der Waals surface area contributed by atoms with Gasteiger partial charge in [-0.3, -0.25) is 9.59 Å². The number of nitrogens with one attached hydrogen (secondary N) is 1. The Hall–Kier alpha value is -3.41. The van der Waals surface area contributed by atoms with Gasteiger partial charge in [-0.05, 0) is 73.3 Å². The third kappa shape index (κ3) is 8.06. The summed E-state index contributed by atoms with van der Waals surface area (Å²) in [5.74, 6) is -0.483. The minimum atomic E-state index is -0.366. The minimum Gasteiger partial charge on any atom is -0.392 e. The zero-order chi connectivity index (χ0) is 28.6. The van der Waals surface area contributed by atoms with Crippen molar-refractivity contribution in [1.82, 2.24) is 9.80 Å². The SMILES string of the molecule is C[C@H](c1ccc(-c2cccc(C#N)c2)cc1)N(CC(=O)Nc1cc(Cl)cc(Cl)c1)C(=O)CCCN1CC[C@H](O)C1. The monoisotopic (exact) mass is 578 g/mol. The van der Waals surface area contributed by atoms with Gasteiger partial charge in [0, 0.05) is 35.2 Å². The highest BCUT2D eigenvalue weighted by Gasteiger charge is 2.25. The lowest BCUT2D eigenvalue weighted by atomic mass is 9.99. The van der Waals surface area contributed by atoms with Crippen LogP contribution in [0.4, 0.5) is 5.69 Å². The van der Waals surface area contributed by atoms with Crippen molar-refractivity contribution in [1.29, 1.82) is 5.26 Å². The molecule has 0 saturated carbocycles. The number of nitrogens with zero attached hydrogens (tertiary/aromatic N) is 3. The molecule has 0 aromatic heterocycles. The summed E-state index contributed by atoms with van der Waals surface area (Å²) in [5.41, 5.74) is 3.81. The predicted octanol–water partition coefficient (Wildman–Crippen LogP) is 5.91. The average Bonchev–Trinajstić information content (AvgIpc) is 3.35. The number of benzene rings is 3. The van der Waals surface area contributed by atoms with Gasteiger partial charge in [0.15, 0.2) is 0 Å². The first kappa shape index (κ1) is 29.6. The highest BCUT2D eigenvalue weighted by atomic mass is 35.5. The molecule has 0 radical (unpaired) electrons. The highest BCUT2D eigenvalue weighted by Crippen LogP contribution is 2.27. The summed E-state index contributed by atoms with van der Waals surface area (Å²) in [5, 5.41) is 22.6. The molecule has 9 heteroatoms. The van der Waals surface area contributed by atoms with Gasteiger partial charge in [0.05, 0.1) is 23.8 Å². The lowest BCUT2D eigenvalue weighted by molar-refractivity contribution is -0.137. The van der Waals surface area contributed by atoms with E-state index in [9.17, 15) is 20.0 Å². The molecule has 3 aromatic rings. The Balaban J connectivity index is 1.48. The number of hydrogen-bond acceptors (Lipinski definition) is 5. The molecule has 2 atom stereocenters. The first-order chi connectivity index (χ1) is 19.2. The number of aliphatic hydroxyl groups is 1. The van der Waals surface area contributed by atoms with Crippen LogP contribution in [-0.2, 0) is 9.59 Å². The number of likely N-dealkylation sites (tertiary alicyclic amines) is 1. The molecule has 1 fully saturated rings. The van der Waals surface area contributed by atoms with Crippen LogP contribution in [0.15, 0.2) is 66.7 Å². The standard InChI is InChI=1S/C31H32Cl2N4O3/c1-21(23-7-9-24(10-8-23)25-5-2-4-22(14-25)18-34)37(31(40)6-3-12-36-13-11-29(38)19-36)20-30(39)35-28-16-26(32)15-27(33)17-28/h2,4-5,7-10,14-17,21,29,38H,3,6,11-13,19-20H2,1H3,(H,35,39)/t21-,29+/m1/s1. The van der Waals surface area contributed by atoms with Crippen molar-refractivity contribution in [2.45, 2.75) is 38.3 Å². The number of anilines is 1. The summed E-state index contributed by atoms with van der Waals surface area (Å²) in [4.78, 5) is 30.3. The number of carbonyl (C=O) groups excluding carboxylic acids is 2. The van der Waals surface area contributed by atoms with Crippen LogP contribution < -0.4 is 5.32 Å². The quantitative estimate of drug-likeness (QED) is 0.312. The van der Waals surface area contributed by atoms with Gasteiger partial charge in [-0.25, -0.2) is 0 Å². The smallest absolute Gasteiger partial charge is 0.244 e. The molecule has 0 spiro atoms. The lowest BCUT2D eigenvalue weighted by Gasteiger charge is -2.30. The van der Waals surface area contributed by atoms with Crippen molar-refractivity contribution in [3.63, 3.8) is 0 Å². The highest BCUT2D eigenvalue weighted by molar-refractivity contribution is 6.35. The number of hydrogen-bond donors (Lipinski definition) is 2. The fourth-order valence-corrected chi connectivity index (χ4v) is 5.46. The van der Waals surface area contributed by atoms with E-state index in [0.29, 0.717) is 40.8 Å². The number of halogens is 2. The summed E-state index contributed by atoms with van der Waals surface area (Å²) in [6.45, 7) is 3.93. The molecule has 3 aromatic carbocycles. The van der Waals surface area contributed by atoms with Gasteiger partial charge < -0.3 is 20.2 Å². The van der Waals surface area contributed by atoms with Crippen molar-refractivity contribution in [3.05, 3.63) is 87.9 Å². The van der Waals surface area contributed by atoms with E-state index in [1.165, 1.54) is 0 Å². The zero-order valence-electron chi connectivity index (χ0n) is 22.3. The van der Waals surface area contributed by atoms with E-state index in [1.54, 1.807) is 29.2 Å². The van der Waals surface area contributed by atoms with Gasteiger partial charge in [-0.2, -0.15) is 5.26 Å². The van der Waals surface area contributed by atoms with Crippen molar-refractivity contribution in [3.8, 4) is 17.2 Å². The van der Waals surface area contributed by atoms with Crippen LogP contribution in [-0.4, -0.2) is 59.0 Å². The molecule has 1 aliphatic heterocycles. The van der Waals surface area contributed by atoms with Crippen LogP contribution in [0.5, 0.6) is 0 Å². The number of rotatable bonds is 10. The maximum absolute atomic E-state index is 13.5. The van der Waals surface area contributed by atoms with E-state index in [4.69, 9.17) is 23.2 Å². The first-order valence-corrected chi connectivity index (χ1v) is 14.0. The number of nitriles is 1. The summed E-state index contributed by atoms with van der Waals surface area (Å²) in [6.07, 6.45) is 1.36. The average molecular weight is 580 g/mol. The van der Waals surface area contributed by atoms with Gasteiger partial charge in [-0.1, -0.05) is 59.6 Å². The maximum Gasteiger partial charge on any atom is 0.244 e. The molecule has 0 unspecified atom stereocenters. The Kier molecular flexibility index (Phi) is 10.2. The molecule has 0 aliphatic carbocycles. The fraction of sp³-hybridized carbons (Fsp3) is 0.323. The van der Waals surface area contributed by atoms with E-state index >= 15 is 0 Å². The molecule has 4 rings (SSSR count). The van der Waals surface area contributed by atoms with Crippen molar-refractivity contribution >= 4 is 40.7 Å². The molecular weight excluding hydrogens is 547 g/mol. The van der Waals surface area contributed by atoms with Crippen LogP contribution in [0, 0.1) is 11.3 Å². The second kappa shape index (κ2) is 13.8. The summed E-state index contributed by atoms with van der Waals surface area (Å²) in [6, 6.07) is 21.8. The summed E-state index contributed by atoms with van der Waals surface area (Å²) >= 11 is 12.2. The zero-order valence-corrected chi connectivity index (χ0v) is 23.8. The summed E-state index contributed by atoms with van der Waals surface area (Å²) < 4.78 is 0. The predicted molar refractivity (Wildman–Crippen MR) is 158 cm³/mol. The summed E-state index contributed by atoms with van der Waals surface area (Å²) in [7, 11) is 0. The first-order valence-electron chi connectivity index (χ1n) is 13.3. The van der Waals surface area contributed by atoms with Crippen LogP contribution in [0.1, 0.15) is 43.4 Å². The van der Waals surface area contributed by atoms with Gasteiger partial charge in [0.25, 0.3) is 0 Å². The van der Waals surface area contributed by atoms with E-state index in [2.05, 4.69) is 16.3 Å².